The van der Waals surface area contributed by atoms with Crippen LogP contribution in [0, 0.1) is 0 Å². The third kappa shape index (κ3) is 10.4. The number of unbranched alkanes of at least 4 members (excludes halogenated alkanes) is 10. The van der Waals surface area contributed by atoms with Crippen molar-refractivity contribution >= 4 is 0 Å². The van der Waals surface area contributed by atoms with E-state index in [2.05, 4.69) is 64.5 Å². The van der Waals surface area contributed by atoms with Crippen LogP contribution in [0.25, 0.3) is 0 Å². The van der Waals surface area contributed by atoms with Gasteiger partial charge in [0.15, 0.2) is 0 Å². The maximum absolute atomic E-state index is 4.51. The summed E-state index contributed by atoms with van der Waals surface area (Å²) in [6, 6.07) is 10.6. The van der Waals surface area contributed by atoms with Gasteiger partial charge in [-0.15, -0.1) is 0 Å². The van der Waals surface area contributed by atoms with Crippen LogP contribution in [0.4, 0.5) is 0 Å². The Hall–Kier alpha value is -1.68. The molecule has 0 unspecified atom stereocenters. The van der Waals surface area contributed by atoms with Crippen molar-refractivity contribution in [1.29, 1.82) is 0 Å². The van der Waals surface area contributed by atoms with Crippen LogP contribution >= 0.6 is 0 Å². The lowest BCUT2D eigenvalue weighted by atomic mass is 10.1. The first-order chi connectivity index (χ1) is 14.8. The lowest BCUT2D eigenvalue weighted by Gasteiger charge is -2.22. The fourth-order valence-corrected chi connectivity index (χ4v) is 4.05. The van der Waals surface area contributed by atoms with E-state index in [1.807, 2.05) is 0 Å². The molecule has 0 bridgehead atoms. The molecule has 0 amide bonds. The minimum Gasteiger partial charge on any atom is -0.297 e. The number of hydrogen-bond donors (Lipinski definition) is 1. The minimum absolute atomic E-state index is 0.856. The Labute approximate surface area is 184 Å². The van der Waals surface area contributed by atoms with Crippen molar-refractivity contribution in [2.45, 2.75) is 104 Å². The number of benzene rings is 1. The van der Waals surface area contributed by atoms with Crippen molar-refractivity contribution in [2.75, 3.05) is 13.1 Å². The van der Waals surface area contributed by atoms with Crippen molar-refractivity contribution in [3.63, 3.8) is 0 Å². The van der Waals surface area contributed by atoms with Crippen LogP contribution in [0.15, 0.2) is 30.3 Å². The zero-order valence-electron chi connectivity index (χ0n) is 19.5. The first-order valence-electron chi connectivity index (χ1n) is 12.5. The summed E-state index contributed by atoms with van der Waals surface area (Å²) in [5.41, 5.74) is 3.51. The molecule has 0 atom stereocenters. The smallest absolute Gasteiger partial charge is 0.1000 e. The average Bonchev–Trinajstić information content (AvgIpc) is 3.20. The molecule has 1 aromatic carbocycles. The van der Waals surface area contributed by atoms with Crippen LogP contribution in [0.3, 0.4) is 0 Å². The Morgan fingerprint density at radius 1 is 0.667 bits per heavy atom. The van der Waals surface area contributed by atoms with E-state index in [-0.39, 0.29) is 0 Å². The van der Waals surface area contributed by atoms with Gasteiger partial charge in [0, 0.05) is 13.0 Å². The third-order valence-electron chi connectivity index (χ3n) is 5.95. The van der Waals surface area contributed by atoms with Crippen LogP contribution in [-0.2, 0) is 13.0 Å². The van der Waals surface area contributed by atoms with E-state index >= 15 is 0 Å². The zero-order chi connectivity index (χ0) is 21.3. The molecule has 0 aliphatic heterocycles. The fraction of sp³-hybridized carbons (Fsp3) is 0.692. The average molecular weight is 413 g/mol. The van der Waals surface area contributed by atoms with Crippen molar-refractivity contribution < 1.29 is 0 Å². The molecule has 30 heavy (non-hydrogen) atoms. The molecule has 0 saturated carbocycles. The summed E-state index contributed by atoms with van der Waals surface area (Å²) in [5.74, 6) is 0. The molecule has 4 nitrogen and oxygen atoms in total. The SMILES string of the molecule is CCCCCCCCN(CCCCCCCC)Cc1n[nH]nc1Cc1ccccc1. The molecule has 0 aliphatic rings. The highest BCUT2D eigenvalue weighted by Gasteiger charge is 2.13. The minimum atomic E-state index is 0.856. The molecule has 0 saturated heterocycles. The lowest BCUT2D eigenvalue weighted by Crippen LogP contribution is -2.26. The first-order valence-corrected chi connectivity index (χ1v) is 12.5. The molecule has 0 fully saturated rings. The summed E-state index contributed by atoms with van der Waals surface area (Å²) in [6.07, 6.45) is 17.1. The van der Waals surface area contributed by atoms with Gasteiger partial charge in [0.2, 0.25) is 0 Å². The largest absolute Gasteiger partial charge is 0.297 e. The van der Waals surface area contributed by atoms with Gasteiger partial charge < -0.3 is 0 Å². The highest BCUT2D eigenvalue weighted by molar-refractivity contribution is 5.23. The highest BCUT2D eigenvalue weighted by atomic mass is 15.3. The number of nitrogens with one attached hydrogen (secondary N) is 1. The van der Waals surface area contributed by atoms with Gasteiger partial charge in [-0.1, -0.05) is 108 Å². The third-order valence-corrected chi connectivity index (χ3v) is 5.95. The molecule has 2 aromatic rings. The Bertz CT molecular complexity index is 621. The predicted octanol–water partition coefficient (Wildman–Crippen LogP) is 6.92. The molecule has 4 heteroatoms. The van der Waals surface area contributed by atoms with Crippen molar-refractivity contribution in [3.8, 4) is 0 Å². The molecule has 1 heterocycles. The molecule has 1 N–H and O–H groups in total. The molecule has 0 radical (unpaired) electrons. The van der Waals surface area contributed by atoms with Gasteiger partial charge in [-0.25, -0.2) is 0 Å². The molecule has 2 rings (SSSR count). The van der Waals surface area contributed by atoms with Gasteiger partial charge in [0.1, 0.15) is 0 Å². The normalized spacial score (nSPS) is 11.4. The van der Waals surface area contributed by atoms with E-state index in [0.29, 0.717) is 0 Å². The Balaban J connectivity index is 1.84. The molecule has 1 aromatic heterocycles. The van der Waals surface area contributed by atoms with Crippen molar-refractivity contribution in [2.24, 2.45) is 0 Å². The van der Waals surface area contributed by atoms with E-state index < -0.39 is 0 Å². The lowest BCUT2D eigenvalue weighted by molar-refractivity contribution is 0.248. The standard InChI is InChI=1S/C26H44N4/c1-3-5-7-9-11-16-20-30(21-17-12-10-8-6-4-2)23-26-25(27-29-28-26)22-24-18-14-13-15-19-24/h13-15,18-19H,3-12,16-17,20-23H2,1-2H3,(H,27,28,29). The van der Waals surface area contributed by atoms with Gasteiger partial charge in [-0.05, 0) is 31.5 Å². The van der Waals surface area contributed by atoms with Gasteiger partial charge in [-0.3, -0.25) is 4.90 Å². The topological polar surface area (TPSA) is 44.8 Å². The number of aromatic amines is 1. The molecule has 0 aliphatic carbocycles. The monoisotopic (exact) mass is 412 g/mol. The summed E-state index contributed by atoms with van der Waals surface area (Å²) >= 11 is 0. The highest BCUT2D eigenvalue weighted by Crippen LogP contribution is 2.15. The second-order valence-electron chi connectivity index (χ2n) is 8.69. The molecule has 0 spiro atoms. The molecular weight excluding hydrogens is 368 g/mol. The Morgan fingerprint density at radius 2 is 1.20 bits per heavy atom. The van der Waals surface area contributed by atoms with Gasteiger partial charge in [0.25, 0.3) is 0 Å². The fourth-order valence-electron chi connectivity index (χ4n) is 4.05. The summed E-state index contributed by atoms with van der Waals surface area (Å²) in [6.45, 7) is 7.85. The van der Waals surface area contributed by atoms with Gasteiger partial charge in [0.05, 0.1) is 11.4 Å². The van der Waals surface area contributed by atoms with Crippen molar-refractivity contribution in [3.05, 3.63) is 47.3 Å². The van der Waals surface area contributed by atoms with E-state index in [1.165, 1.54) is 95.7 Å². The van der Waals surface area contributed by atoms with Crippen molar-refractivity contribution in [1.82, 2.24) is 20.3 Å². The maximum Gasteiger partial charge on any atom is 0.1000 e. The summed E-state index contributed by atoms with van der Waals surface area (Å²) in [4.78, 5) is 2.62. The Kier molecular flexibility index (Phi) is 13.2. The summed E-state index contributed by atoms with van der Waals surface area (Å²) < 4.78 is 0. The summed E-state index contributed by atoms with van der Waals surface area (Å²) in [7, 11) is 0. The second kappa shape index (κ2) is 16.1. The number of aromatic nitrogens is 3. The van der Waals surface area contributed by atoms with Crippen LogP contribution in [-0.4, -0.2) is 33.4 Å². The van der Waals surface area contributed by atoms with Crippen LogP contribution < -0.4 is 0 Å². The van der Waals surface area contributed by atoms with Crippen LogP contribution in [0.2, 0.25) is 0 Å². The van der Waals surface area contributed by atoms with Crippen LogP contribution in [0.5, 0.6) is 0 Å². The Morgan fingerprint density at radius 3 is 1.80 bits per heavy atom. The molecular formula is C26H44N4. The van der Waals surface area contributed by atoms with Gasteiger partial charge in [-0.2, -0.15) is 15.4 Å². The second-order valence-corrected chi connectivity index (χ2v) is 8.69. The molecule has 168 valence electrons. The van der Waals surface area contributed by atoms with E-state index in [1.54, 1.807) is 0 Å². The quantitative estimate of drug-likeness (QED) is 0.270. The summed E-state index contributed by atoms with van der Waals surface area (Å²) in [5, 5.41) is 11.9. The van der Waals surface area contributed by atoms with E-state index in [0.717, 1.165) is 24.4 Å². The van der Waals surface area contributed by atoms with Gasteiger partial charge >= 0.3 is 0 Å². The maximum atomic E-state index is 4.51. The number of nitrogens with zero attached hydrogens (tertiary/aromatic N) is 3. The zero-order valence-corrected chi connectivity index (χ0v) is 19.5. The van der Waals surface area contributed by atoms with E-state index in [4.69, 9.17) is 0 Å². The van der Waals surface area contributed by atoms with E-state index in [9.17, 15) is 0 Å². The first kappa shape index (κ1) is 24.6. The number of rotatable bonds is 18. The van der Waals surface area contributed by atoms with Crippen LogP contribution in [0.1, 0.15) is 108 Å². The number of hydrogen-bond acceptors (Lipinski definition) is 3. The predicted molar refractivity (Wildman–Crippen MR) is 128 cm³/mol. The number of H-pyrrole nitrogens is 1.